The third kappa shape index (κ3) is 2.51. The standard InChI is InChI=1S/C23H32N2O3/c1-5-20(27)24-12-7-9-17(24)21(28)25-13-11-23(4)16-8-6-10-18(26)15(16)14-19(25)22(23,2)3/h6,8,10,17,19,26H,5,7,9,11-14H2,1-4H3/t17?,19-,23+/m1/s1. The summed E-state index contributed by atoms with van der Waals surface area (Å²) in [7, 11) is 0. The van der Waals surface area contributed by atoms with E-state index in [1.807, 2.05) is 17.9 Å². The minimum Gasteiger partial charge on any atom is -0.508 e. The summed E-state index contributed by atoms with van der Waals surface area (Å²) in [4.78, 5) is 29.7. The average Bonchev–Trinajstić information content (AvgIpc) is 3.14. The number of hydrogen-bond donors (Lipinski definition) is 1. The summed E-state index contributed by atoms with van der Waals surface area (Å²) < 4.78 is 0. The van der Waals surface area contributed by atoms with Crippen LogP contribution >= 0.6 is 0 Å². The Morgan fingerprint density at radius 2 is 1.93 bits per heavy atom. The number of carbonyl (C=O) groups is 2. The first-order valence-corrected chi connectivity index (χ1v) is 10.6. The summed E-state index contributed by atoms with van der Waals surface area (Å²) in [5.74, 6) is 0.504. The summed E-state index contributed by atoms with van der Waals surface area (Å²) in [6, 6.07) is 5.53. The van der Waals surface area contributed by atoms with Gasteiger partial charge in [0.25, 0.3) is 0 Å². The maximum Gasteiger partial charge on any atom is 0.245 e. The Balaban J connectivity index is 1.70. The highest BCUT2D eigenvalue weighted by atomic mass is 16.3. The number of aromatic hydroxyl groups is 1. The second kappa shape index (κ2) is 6.50. The van der Waals surface area contributed by atoms with Gasteiger partial charge in [-0.2, -0.15) is 0 Å². The number of phenolic OH excluding ortho intramolecular Hbond substituents is 1. The molecule has 0 saturated carbocycles. The van der Waals surface area contributed by atoms with Crippen LogP contribution in [0.25, 0.3) is 0 Å². The van der Waals surface area contributed by atoms with Crippen molar-refractivity contribution in [1.29, 1.82) is 0 Å². The number of benzene rings is 1. The fraction of sp³-hybridized carbons (Fsp3) is 0.652. The van der Waals surface area contributed by atoms with Crippen LogP contribution in [0.1, 0.15) is 64.5 Å². The molecule has 2 saturated heterocycles. The van der Waals surface area contributed by atoms with E-state index in [4.69, 9.17) is 0 Å². The van der Waals surface area contributed by atoms with Gasteiger partial charge in [0, 0.05) is 31.0 Å². The maximum absolute atomic E-state index is 13.6. The van der Waals surface area contributed by atoms with Crippen LogP contribution in [-0.2, 0) is 21.4 Å². The lowest BCUT2D eigenvalue weighted by Gasteiger charge is -2.61. The number of carbonyl (C=O) groups excluding carboxylic acids is 2. The number of fused-ring (bicyclic) bond motifs is 4. The normalized spacial score (nSPS) is 30.9. The highest BCUT2D eigenvalue weighted by Gasteiger charge is 2.58. The molecule has 1 N–H and O–H groups in total. The minimum atomic E-state index is -0.321. The van der Waals surface area contributed by atoms with E-state index in [1.165, 1.54) is 5.56 Å². The molecule has 4 rings (SSSR count). The van der Waals surface area contributed by atoms with Crippen molar-refractivity contribution in [2.45, 2.75) is 77.3 Å². The van der Waals surface area contributed by atoms with E-state index >= 15 is 0 Å². The van der Waals surface area contributed by atoms with Gasteiger partial charge < -0.3 is 14.9 Å². The molecule has 28 heavy (non-hydrogen) atoms. The van der Waals surface area contributed by atoms with Crippen LogP contribution in [0.4, 0.5) is 0 Å². The Bertz CT molecular complexity index is 818. The number of phenols is 1. The zero-order valence-electron chi connectivity index (χ0n) is 17.5. The van der Waals surface area contributed by atoms with E-state index in [-0.39, 0.29) is 34.7 Å². The Hall–Kier alpha value is -2.04. The molecule has 1 unspecified atom stereocenters. The van der Waals surface area contributed by atoms with E-state index in [0.717, 1.165) is 24.8 Å². The largest absolute Gasteiger partial charge is 0.508 e. The second-order valence-corrected chi connectivity index (χ2v) is 9.46. The summed E-state index contributed by atoms with van der Waals surface area (Å²) >= 11 is 0. The van der Waals surface area contributed by atoms with Gasteiger partial charge in [-0.3, -0.25) is 9.59 Å². The molecule has 2 amide bonds. The third-order valence-corrected chi connectivity index (χ3v) is 8.07. The molecule has 2 bridgehead atoms. The zero-order chi connectivity index (χ0) is 20.3. The minimum absolute atomic E-state index is 0.0266. The van der Waals surface area contributed by atoms with Crippen LogP contribution in [-0.4, -0.2) is 51.9 Å². The summed E-state index contributed by atoms with van der Waals surface area (Å²) in [6.07, 6.45) is 3.63. The van der Waals surface area contributed by atoms with E-state index in [1.54, 1.807) is 11.0 Å². The van der Waals surface area contributed by atoms with Crippen LogP contribution in [0, 0.1) is 5.41 Å². The summed E-state index contributed by atoms with van der Waals surface area (Å²) in [6.45, 7) is 10.1. The van der Waals surface area contributed by atoms with Gasteiger partial charge >= 0.3 is 0 Å². The maximum atomic E-state index is 13.6. The Morgan fingerprint density at radius 1 is 1.18 bits per heavy atom. The molecule has 1 aromatic carbocycles. The third-order valence-electron chi connectivity index (χ3n) is 8.07. The van der Waals surface area contributed by atoms with Crippen molar-refractivity contribution in [2.75, 3.05) is 13.1 Å². The summed E-state index contributed by atoms with van der Waals surface area (Å²) in [5, 5.41) is 10.5. The molecule has 0 radical (unpaired) electrons. The van der Waals surface area contributed by atoms with Crippen molar-refractivity contribution in [3.05, 3.63) is 29.3 Å². The molecule has 3 atom stereocenters. The van der Waals surface area contributed by atoms with Crippen LogP contribution < -0.4 is 0 Å². The first-order valence-electron chi connectivity index (χ1n) is 10.6. The van der Waals surface area contributed by atoms with Gasteiger partial charge in [0.2, 0.25) is 11.8 Å². The lowest BCUT2D eigenvalue weighted by Crippen LogP contribution is -2.66. The van der Waals surface area contributed by atoms with Crippen molar-refractivity contribution in [3.63, 3.8) is 0 Å². The molecule has 152 valence electrons. The van der Waals surface area contributed by atoms with E-state index in [2.05, 4.69) is 26.8 Å². The van der Waals surface area contributed by atoms with E-state index in [9.17, 15) is 14.7 Å². The molecular weight excluding hydrogens is 352 g/mol. The highest BCUT2D eigenvalue weighted by molar-refractivity contribution is 5.88. The Kier molecular flexibility index (Phi) is 4.48. The molecule has 5 heteroatoms. The lowest BCUT2D eigenvalue weighted by atomic mass is 9.51. The zero-order valence-corrected chi connectivity index (χ0v) is 17.5. The number of piperidine rings is 1. The van der Waals surface area contributed by atoms with Crippen molar-refractivity contribution in [2.24, 2.45) is 5.41 Å². The first kappa shape index (κ1) is 19.3. The predicted octanol–water partition coefficient (Wildman–Crippen LogP) is 3.23. The molecule has 2 heterocycles. The van der Waals surface area contributed by atoms with Gasteiger partial charge in [0.05, 0.1) is 0 Å². The van der Waals surface area contributed by atoms with Gasteiger partial charge in [-0.05, 0) is 48.3 Å². The van der Waals surface area contributed by atoms with Crippen molar-refractivity contribution in [3.8, 4) is 5.75 Å². The molecule has 5 nitrogen and oxygen atoms in total. The quantitative estimate of drug-likeness (QED) is 0.852. The molecule has 1 aliphatic carbocycles. The molecule has 3 aliphatic rings. The van der Waals surface area contributed by atoms with Crippen LogP contribution in [0.2, 0.25) is 0 Å². The smallest absolute Gasteiger partial charge is 0.245 e. The van der Waals surface area contributed by atoms with E-state index < -0.39 is 0 Å². The van der Waals surface area contributed by atoms with Crippen LogP contribution in [0.15, 0.2) is 18.2 Å². The second-order valence-electron chi connectivity index (χ2n) is 9.46. The number of likely N-dealkylation sites (tertiary alicyclic amines) is 2. The fourth-order valence-corrected chi connectivity index (χ4v) is 5.91. The topological polar surface area (TPSA) is 60.9 Å². The number of hydrogen-bond acceptors (Lipinski definition) is 3. The number of amides is 2. The first-order chi connectivity index (χ1) is 13.2. The Morgan fingerprint density at radius 3 is 2.64 bits per heavy atom. The molecule has 2 aliphatic heterocycles. The lowest BCUT2D eigenvalue weighted by molar-refractivity contribution is -0.152. The van der Waals surface area contributed by atoms with Gasteiger partial charge in [-0.25, -0.2) is 0 Å². The van der Waals surface area contributed by atoms with Gasteiger partial charge in [0.1, 0.15) is 11.8 Å². The van der Waals surface area contributed by atoms with Gasteiger partial charge in [-0.1, -0.05) is 39.8 Å². The van der Waals surface area contributed by atoms with Crippen molar-refractivity contribution >= 4 is 11.8 Å². The molecule has 2 fully saturated rings. The van der Waals surface area contributed by atoms with Crippen LogP contribution in [0.5, 0.6) is 5.75 Å². The Labute approximate surface area is 167 Å². The van der Waals surface area contributed by atoms with Crippen LogP contribution in [0.3, 0.4) is 0 Å². The fourth-order valence-electron chi connectivity index (χ4n) is 5.91. The van der Waals surface area contributed by atoms with Gasteiger partial charge in [0.15, 0.2) is 0 Å². The monoisotopic (exact) mass is 384 g/mol. The number of rotatable bonds is 2. The molecular formula is C23H32N2O3. The SMILES string of the molecule is CCC(=O)N1CCCC1C(=O)N1CC[C@@]2(C)c3cccc(O)c3C[C@@H]1C2(C)C. The number of nitrogens with zero attached hydrogens (tertiary/aromatic N) is 2. The van der Waals surface area contributed by atoms with Crippen molar-refractivity contribution in [1.82, 2.24) is 9.80 Å². The summed E-state index contributed by atoms with van der Waals surface area (Å²) in [5.41, 5.74) is 2.01. The molecule has 0 aromatic heterocycles. The highest BCUT2D eigenvalue weighted by Crippen LogP contribution is 2.57. The van der Waals surface area contributed by atoms with E-state index in [0.29, 0.717) is 31.7 Å². The molecule has 1 aromatic rings. The predicted molar refractivity (Wildman–Crippen MR) is 108 cm³/mol. The average molecular weight is 385 g/mol. The molecule has 0 spiro atoms. The van der Waals surface area contributed by atoms with Crippen molar-refractivity contribution < 1.29 is 14.7 Å². The van der Waals surface area contributed by atoms with Gasteiger partial charge in [-0.15, -0.1) is 0 Å².